The minimum absolute atomic E-state index is 0.0147. The van der Waals surface area contributed by atoms with E-state index in [1.165, 1.54) is 0 Å². The standard InChI is InChI=1S/C23H28N2O4/c1-5-15(2)25-14-18-13-19(9-10-21(18)29-16(3)23(25)27)24-22(26)12-17-7-6-8-20(11-17)28-4/h6-11,13,15-16H,5,12,14H2,1-4H3,(H,24,26)/t15-,16-/m1/s1. The van der Waals surface area contributed by atoms with Crippen LogP contribution in [0.5, 0.6) is 11.5 Å². The van der Waals surface area contributed by atoms with Gasteiger partial charge in [-0.2, -0.15) is 0 Å². The number of benzene rings is 2. The van der Waals surface area contributed by atoms with Gasteiger partial charge in [0.2, 0.25) is 5.91 Å². The van der Waals surface area contributed by atoms with Crippen molar-refractivity contribution in [1.29, 1.82) is 0 Å². The van der Waals surface area contributed by atoms with Crippen molar-refractivity contribution in [1.82, 2.24) is 4.90 Å². The Labute approximate surface area is 171 Å². The molecule has 154 valence electrons. The molecular formula is C23H28N2O4. The van der Waals surface area contributed by atoms with E-state index in [4.69, 9.17) is 9.47 Å². The van der Waals surface area contributed by atoms with Crippen LogP contribution in [0.3, 0.4) is 0 Å². The lowest BCUT2D eigenvalue weighted by Gasteiger charge is -2.28. The Morgan fingerprint density at radius 2 is 2.10 bits per heavy atom. The van der Waals surface area contributed by atoms with Gasteiger partial charge in [0.1, 0.15) is 11.5 Å². The zero-order chi connectivity index (χ0) is 21.0. The normalized spacial score (nSPS) is 17.0. The summed E-state index contributed by atoms with van der Waals surface area (Å²) in [4.78, 5) is 27.0. The third kappa shape index (κ3) is 4.88. The van der Waals surface area contributed by atoms with Gasteiger partial charge >= 0.3 is 0 Å². The fourth-order valence-electron chi connectivity index (χ4n) is 3.40. The van der Waals surface area contributed by atoms with E-state index >= 15 is 0 Å². The fourth-order valence-corrected chi connectivity index (χ4v) is 3.40. The van der Waals surface area contributed by atoms with E-state index in [0.29, 0.717) is 18.0 Å². The molecule has 0 radical (unpaired) electrons. The average molecular weight is 396 g/mol. The second kappa shape index (κ2) is 8.99. The Kier molecular flexibility index (Phi) is 6.42. The SMILES string of the molecule is CC[C@@H](C)N1Cc2cc(NC(=O)Cc3cccc(OC)c3)ccc2O[C@H](C)C1=O. The lowest BCUT2D eigenvalue weighted by atomic mass is 10.1. The molecule has 0 aromatic heterocycles. The van der Waals surface area contributed by atoms with Gasteiger partial charge in [-0.05, 0) is 56.2 Å². The molecule has 0 aliphatic carbocycles. The number of hydrogen-bond acceptors (Lipinski definition) is 4. The highest BCUT2D eigenvalue weighted by Crippen LogP contribution is 2.30. The number of methoxy groups -OCH3 is 1. The molecule has 0 saturated heterocycles. The van der Waals surface area contributed by atoms with Crippen LogP contribution in [0.4, 0.5) is 5.69 Å². The molecular weight excluding hydrogens is 368 g/mol. The van der Waals surface area contributed by atoms with Gasteiger partial charge in [0, 0.05) is 23.8 Å². The molecule has 1 aliphatic rings. The number of fused-ring (bicyclic) bond motifs is 1. The summed E-state index contributed by atoms with van der Waals surface area (Å²) in [6, 6.07) is 13.1. The summed E-state index contributed by atoms with van der Waals surface area (Å²) in [6.07, 6.45) is 0.586. The molecule has 3 rings (SSSR count). The number of nitrogens with one attached hydrogen (secondary N) is 1. The molecule has 1 aliphatic heterocycles. The van der Waals surface area contributed by atoms with Gasteiger partial charge in [-0.3, -0.25) is 9.59 Å². The Bertz CT molecular complexity index is 896. The van der Waals surface area contributed by atoms with Gasteiger partial charge < -0.3 is 19.7 Å². The monoisotopic (exact) mass is 396 g/mol. The first-order chi connectivity index (χ1) is 13.9. The van der Waals surface area contributed by atoms with Crippen LogP contribution in [0.2, 0.25) is 0 Å². The number of hydrogen-bond donors (Lipinski definition) is 1. The van der Waals surface area contributed by atoms with E-state index in [0.717, 1.165) is 23.3 Å². The van der Waals surface area contributed by atoms with E-state index in [9.17, 15) is 9.59 Å². The highest BCUT2D eigenvalue weighted by atomic mass is 16.5. The van der Waals surface area contributed by atoms with E-state index in [1.807, 2.05) is 48.2 Å². The van der Waals surface area contributed by atoms with Gasteiger partial charge in [-0.15, -0.1) is 0 Å². The highest BCUT2D eigenvalue weighted by molar-refractivity contribution is 5.92. The molecule has 29 heavy (non-hydrogen) atoms. The predicted octanol–water partition coefficient (Wildman–Crippen LogP) is 3.78. The quantitative estimate of drug-likeness (QED) is 0.807. The fraction of sp³-hybridized carbons (Fsp3) is 0.391. The molecule has 6 nitrogen and oxygen atoms in total. The van der Waals surface area contributed by atoms with Crippen molar-refractivity contribution in [2.24, 2.45) is 0 Å². The maximum absolute atomic E-state index is 12.7. The van der Waals surface area contributed by atoms with E-state index in [1.54, 1.807) is 20.1 Å². The van der Waals surface area contributed by atoms with Crippen molar-refractivity contribution in [2.45, 2.75) is 52.3 Å². The maximum Gasteiger partial charge on any atom is 0.263 e. The smallest absolute Gasteiger partial charge is 0.263 e. The van der Waals surface area contributed by atoms with Crippen molar-refractivity contribution < 1.29 is 19.1 Å². The van der Waals surface area contributed by atoms with Crippen LogP contribution in [0.1, 0.15) is 38.3 Å². The van der Waals surface area contributed by atoms with Crippen molar-refractivity contribution in [3.8, 4) is 11.5 Å². The molecule has 0 saturated carbocycles. The Hall–Kier alpha value is -3.02. The summed E-state index contributed by atoms with van der Waals surface area (Å²) in [6.45, 7) is 6.34. The first-order valence-electron chi connectivity index (χ1n) is 9.94. The molecule has 1 N–H and O–H groups in total. The first-order valence-corrected chi connectivity index (χ1v) is 9.94. The first kappa shape index (κ1) is 20.7. The van der Waals surface area contributed by atoms with Gasteiger partial charge in [0.25, 0.3) is 5.91 Å². The maximum atomic E-state index is 12.7. The van der Waals surface area contributed by atoms with Gasteiger partial charge in [-0.25, -0.2) is 0 Å². The Balaban J connectivity index is 1.75. The summed E-state index contributed by atoms with van der Waals surface area (Å²) in [5, 5.41) is 2.94. The Morgan fingerprint density at radius 1 is 1.31 bits per heavy atom. The van der Waals surface area contributed by atoms with Crippen LogP contribution in [-0.2, 0) is 22.6 Å². The topological polar surface area (TPSA) is 67.9 Å². The van der Waals surface area contributed by atoms with Crippen molar-refractivity contribution in [3.63, 3.8) is 0 Å². The average Bonchev–Trinajstić information content (AvgIpc) is 2.84. The number of ether oxygens (including phenoxy) is 2. The summed E-state index contributed by atoms with van der Waals surface area (Å²) in [5.41, 5.74) is 2.45. The minimum Gasteiger partial charge on any atom is -0.497 e. The molecule has 0 bridgehead atoms. The van der Waals surface area contributed by atoms with Crippen LogP contribution >= 0.6 is 0 Å². The van der Waals surface area contributed by atoms with Crippen molar-refractivity contribution >= 4 is 17.5 Å². The molecule has 2 aromatic carbocycles. The molecule has 1 heterocycles. The number of carbonyl (C=O) groups excluding carboxylic acids is 2. The van der Waals surface area contributed by atoms with Gasteiger partial charge in [0.15, 0.2) is 6.10 Å². The number of rotatable bonds is 6. The molecule has 2 aromatic rings. The van der Waals surface area contributed by atoms with Crippen molar-refractivity contribution in [2.75, 3.05) is 12.4 Å². The predicted molar refractivity (Wildman–Crippen MR) is 112 cm³/mol. The summed E-state index contributed by atoms with van der Waals surface area (Å²) < 4.78 is 11.1. The van der Waals surface area contributed by atoms with E-state index < -0.39 is 6.10 Å². The largest absolute Gasteiger partial charge is 0.497 e. The summed E-state index contributed by atoms with van der Waals surface area (Å²) in [5.74, 6) is 1.28. The van der Waals surface area contributed by atoms with E-state index in [-0.39, 0.29) is 24.3 Å². The van der Waals surface area contributed by atoms with Crippen LogP contribution < -0.4 is 14.8 Å². The number of amides is 2. The molecule has 0 spiro atoms. The third-order valence-electron chi connectivity index (χ3n) is 5.24. The number of nitrogens with zero attached hydrogens (tertiary/aromatic N) is 1. The van der Waals surface area contributed by atoms with Gasteiger partial charge in [-0.1, -0.05) is 19.1 Å². The van der Waals surface area contributed by atoms with Gasteiger partial charge in [0.05, 0.1) is 13.5 Å². The van der Waals surface area contributed by atoms with Crippen LogP contribution in [0, 0.1) is 0 Å². The van der Waals surface area contributed by atoms with Crippen LogP contribution in [0.15, 0.2) is 42.5 Å². The molecule has 0 fully saturated rings. The summed E-state index contributed by atoms with van der Waals surface area (Å²) in [7, 11) is 1.60. The van der Waals surface area contributed by atoms with E-state index in [2.05, 4.69) is 12.2 Å². The minimum atomic E-state index is -0.529. The molecule has 6 heteroatoms. The third-order valence-corrected chi connectivity index (χ3v) is 5.24. The second-order valence-corrected chi connectivity index (χ2v) is 7.38. The van der Waals surface area contributed by atoms with Crippen LogP contribution in [0.25, 0.3) is 0 Å². The van der Waals surface area contributed by atoms with Crippen LogP contribution in [-0.4, -0.2) is 36.0 Å². The second-order valence-electron chi connectivity index (χ2n) is 7.38. The highest BCUT2D eigenvalue weighted by Gasteiger charge is 2.30. The zero-order valence-electron chi connectivity index (χ0n) is 17.4. The molecule has 2 amide bonds. The summed E-state index contributed by atoms with van der Waals surface area (Å²) >= 11 is 0. The molecule has 2 atom stereocenters. The lowest BCUT2D eigenvalue weighted by Crippen LogP contribution is -2.42. The Morgan fingerprint density at radius 3 is 2.83 bits per heavy atom. The lowest BCUT2D eigenvalue weighted by molar-refractivity contribution is -0.139. The molecule has 0 unspecified atom stereocenters. The number of anilines is 1. The number of carbonyl (C=O) groups is 2. The zero-order valence-corrected chi connectivity index (χ0v) is 17.4. The van der Waals surface area contributed by atoms with Crippen molar-refractivity contribution in [3.05, 3.63) is 53.6 Å².